The molecule has 1 amide bonds. The van der Waals surface area contributed by atoms with E-state index in [9.17, 15) is 9.59 Å². The molecular formula is C13H23NO3. The molecule has 1 fully saturated rings. The maximum atomic E-state index is 11.3. The van der Waals surface area contributed by atoms with E-state index in [-0.39, 0.29) is 18.7 Å². The zero-order chi connectivity index (χ0) is 12.9. The van der Waals surface area contributed by atoms with Crippen LogP contribution in [-0.2, 0) is 9.59 Å². The number of carboxylic acids is 1. The molecule has 17 heavy (non-hydrogen) atoms. The fourth-order valence-electron chi connectivity index (χ4n) is 2.23. The van der Waals surface area contributed by atoms with Crippen LogP contribution in [-0.4, -0.2) is 23.5 Å². The van der Waals surface area contributed by atoms with Crippen LogP contribution in [0.15, 0.2) is 0 Å². The minimum atomic E-state index is -0.917. The van der Waals surface area contributed by atoms with Crippen LogP contribution in [0, 0.1) is 11.3 Å². The van der Waals surface area contributed by atoms with Crippen LogP contribution in [0.2, 0.25) is 0 Å². The van der Waals surface area contributed by atoms with Crippen molar-refractivity contribution in [3.05, 3.63) is 0 Å². The fraction of sp³-hybridized carbons (Fsp3) is 0.846. The van der Waals surface area contributed by atoms with E-state index in [1.54, 1.807) is 0 Å². The minimum Gasteiger partial charge on any atom is -0.481 e. The fourth-order valence-corrected chi connectivity index (χ4v) is 2.23. The summed E-state index contributed by atoms with van der Waals surface area (Å²) in [5.41, 5.74) is 0.448. The molecule has 0 aromatic carbocycles. The monoisotopic (exact) mass is 241 g/mol. The van der Waals surface area contributed by atoms with Gasteiger partial charge in [0.25, 0.3) is 0 Å². The Labute approximate surface area is 103 Å². The maximum Gasteiger partial charge on any atom is 0.303 e. The van der Waals surface area contributed by atoms with Crippen molar-refractivity contribution in [1.82, 2.24) is 5.32 Å². The summed E-state index contributed by atoms with van der Waals surface area (Å²) in [5, 5.41) is 11.3. The number of amides is 1. The van der Waals surface area contributed by atoms with E-state index in [0.717, 1.165) is 12.8 Å². The first-order chi connectivity index (χ1) is 7.89. The Hall–Kier alpha value is -1.06. The Morgan fingerprint density at radius 2 is 1.82 bits per heavy atom. The number of nitrogens with one attached hydrogen (secondary N) is 1. The van der Waals surface area contributed by atoms with Crippen molar-refractivity contribution in [1.29, 1.82) is 0 Å². The van der Waals surface area contributed by atoms with E-state index in [4.69, 9.17) is 5.11 Å². The quantitative estimate of drug-likeness (QED) is 0.775. The van der Waals surface area contributed by atoms with Crippen molar-refractivity contribution in [2.75, 3.05) is 6.54 Å². The molecule has 0 saturated heterocycles. The Bertz CT molecular complexity index is 276. The first kappa shape index (κ1) is 14.0. The van der Waals surface area contributed by atoms with Gasteiger partial charge in [0.05, 0.1) is 6.42 Å². The van der Waals surface area contributed by atoms with Gasteiger partial charge in [-0.15, -0.1) is 0 Å². The van der Waals surface area contributed by atoms with Gasteiger partial charge in [0, 0.05) is 13.0 Å². The zero-order valence-electron chi connectivity index (χ0n) is 10.8. The minimum absolute atomic E-state index is 0.0798. The standard InChI is InChI=1S/C13H23NO3/c1-13(2)7-5-10(6-8-13)9-14-11(15)3-4-12(16)17/h10H,3-9H2,1-2H3,(H,14,15)(H,16,17). The van der Waals surface area contributed by atoms with Gasteiger partial charge in [0.2, 0.25) is 5.91 Å². The molecule has 0 unspecified atom stereocenters. The molecule has 1 aliphatic carbocycles. The van der Waals surface area contributed by atoms with E-state index in [0.29, 0.717) is 17.9 Å². The van der Waals surface area contributed by atoms with Crippen molar-refractivity contribution in [3.63, 3.8) is 0 Å². The van der Waals surface area contributed by atoms with E-state index >= 15 is 0 Å². The van der Waals surface area contributed by atoms with Gasteiger partial charge in [-0.2, -0.15) is 0 Å². The zero-order valence-corrected chi connectivity index (χ0v) is 10.8. The molecule has 4 heteroatoms. The average molecular weight is 241 g/mol. The lowest BCUT2D eigenvalue weighted by Gasteiger charge is -2.34. The number of aliphatic carboxylic acids is 1. The molecule has 0 spiro atoms. The normalized spacial score (nSPS) is 19.9. The summed E-state index contributed by atoms with van der Waals surface area (Å²) in [6.07, 6.45) is 4.75. The SMILES string of the molecule is CC1(C)CCC(CNC(=O)CCC(=O)O)CC1. The molecule has 0 aromatic heterocycles. The first-order valence-electron chi connectivity index (χ1n) is 6.37. The van der Waals surface area contributed by atoms with Crippen molar-refractivity contribution >= 4 is 11.9 Å². The summed E-state index contributed by atoms with van der Waals surface area (Å²) < 4.78 is 0. The van der Waals surface area contributed by atoms with Crippen LogP contribution in [0.1, 0.15) is 52.4 Å². The van der Waals surface area contributed by atoms with E-state index < -0.39 is 5.97 Å². The number of hydrogen-bond donors (Lipinski definition) is 2. The first-order valence-corrected chi connectivity index (χ1v) is 6.37. The van der Waals surface area contributed by atoms with Gasteiger partial charge in [0.1, 0.15) is 0 Å². The van der Waals surface area contributed by atoms with Gasteiger partial charge in [0.15, 0.2) is 0 Å². The largest absolute Gasteiger partial charge is 0.481 e. The van der Waals surface area contributed by atoms with E-state index in [1.807, 2.05) is 0 Å². The van der Waals surface area contributed by atoms with Crippen LogP contribution in [0.4, 0.5) is 0 Å². The van der Waals surface area contributed by atoms with Gasteiger partial charge < -0.3 is 10.4 Å². The average Bonchev–Trinajstić information content (AvgIpc) is 2.25. The summed E-state index contributed by atoms with van der Waals surface area (Å²) in [6.45, 7) is 5.28. The third-order valence-electron chi connectivity index (χ3n) is 3.61. The summed E-state index contributed by atoms with van der Waals surface area (Å²) >= 11 is 0. The Morgan fingerprint density at radius 1 is 1.24 bits per heavy atom. The molecule has 0 radical (unpaired) electrons. The highest BCUT2D eigenvalue weighted by Gasteiger charge is 2.26. The molecule has 0 aliphatic heterocycles. The lowest BCUT2D eigenvalue weighted by Crippen LogP contribution is -2.32. The predicted molar refractivity (Wildman–Crippen MR) is 65.6 cm³/mol. The van der Waals surface area contributed by atoms with Crippen LogP contribution in [0.3, 0.4) is 0 Å². The predicted octanol–water partition coefficient (Wildman–Crippen LogP) is 2.18. The second kappa shape index (κ2) is 6.03. The molecule has 0 atom stereocenters. The van der Waals surface area contributed by atoms with Gasteiger partial charge >= 0.3 is 5.97 Å². The number of carboxylic acid groups (broad SMARTS) is 1. The lowest BCUT2D eigenvalue weighted by atomic mass is 9.73. The van der Waals surface area contributed by atoms with Gasteiger partial charge in [-0.1, -0.05) is 13.8 Å². The van der Waals surface area contributed by atoms with Gasteiger partial charge in [-0.3, -0.25) is 9.59 Å². The molecule has 1 saturated carbocycles. The summed E-state index contributed by atoms with van der Waals surface area (Å²) in [6, 6.07) is 0. The van der Waals surface area contributed by atoms with Crippen molar-refractivity contribution in [2.24, 2.45) is 11.3 Å². The van der Waals surface area contributed by atoms with Crippen LogP contribution < -0.4 is 5.32 Å². The highest BCUT2D eigenvalue weighted by atomic mass is 16.4. The molecule has 1 rings (SSSR count). The summed E-state index contributed by atoms with van der Waals surface area (Å²) in [4.78, 5) is 21.6. The van der Waals surface area contributed by atoms with Gasteiger partial charge in [-0.05, 0) is 37.0 Å². The van der Waals surface area contributed by atoms with Gasteiger partial charge in [-0.25, -0.2) is 0 Å². The Balaban J connectivity index is 2.15. The molecule has 0 bridgehead atoms. The number of rotatable bonds is 5. The highest BCUT2D eigenvalue weighted by Crippen LogP contribution is 2.37. The third kappa shape index (κ3) is 5.71. The number of hydrogen-bond acceptors (Lipinski definition) is 2. The molecule has 2 N–H and O–H groups in total. The van der Waals surface area contributed by atoms with Crippen LogP contribution in [0.25, 0.3) is 0 Å². The Morgan fingerprint density at radius 3 is 2.35 bits per heavy atom. The number of carbonyl (C=O) groups excluding carboxylic acids is 1. The second-order valence-electron chi connectivity index (χ2n) is 5.81. The smallest absolute Gasteiger partial charge is 0.303 e. The van der Waals surface area contributed by atoms with E-state index in [2.05, 4.69) is 19.2 Å². The second-order valence-corrected chi connectivity index (χ2v) is 5.81. The molecular weight excluding hydrogens is 218 g/mol. The molecule has 0 heterocycles. The van der Waals surface area contributed by atoms with Crippen molar-refractivity contribution in [2.45, 2.75) is 52.4 Å². The van der Waals surface area contributed by atoms with Crippen molar-refractivity contribution in [3.8, 4) is 0 Å². The molecule has 98 valence electrons. The summed E-state index contributed by atoms with van der Waals surface area (Å²) in [5.74, 6) is -0.492. The van der Waals surface area contributed by atoms with Crippen LogP contribution in [0.5, 0.6) is 0 Å². The van der Waals surface area contributed by atoms with E-state index in [1.165, 1.54) is 12.8 Å². The number of carbonyl (C=O) groups is 2. The third-order valence-corrected chi connectivity index (χ3v) is 3.61. The topological polar surface area (TPSA) is 66.4 Å². The summed E-state index contributed by atoms with van der Waals surface area (Å²) in [7, 11) is 0. The van der Waals surface area contributed by atoms with Crippen LogP contribution >= 0.6 is 0 Å². The molecule has 4 nitrogen and oxygen atoms in total. The molecule has 0 aromatic rings. The highest BCUT2D eigenvalue weighted by molar-refractivity contribution is 5.80. The lowest BCUT2D eigenvalue weighted by molar-refractivity contribution is -0.138. The van der Waals surface area contributed by atoms with Crippen molar-refractivity contribution < 1.29 is 14.7 Å². The molecule has 1 aliphatic rings. The Kier molecular flexibility index (Phi) is 4.97. The maximum absolute atomic E-state index is 11.3.